The summed E-state index contributed by atoms with van der Waals surface area (Å²) in [6, 6.07) is 18.3. The predicted molar refractivity (Wildman–Crippen MR) is 129 cm³/mol. The molecule has 0 atom stereocenters. The molecular weight excluding hydrogens is 474 g/mol. The quantitative estimate of drug-likeness (QED) is 0.359. The van der Waals surface area contributed by atoms with Gasteiger partial charge >= 0.3 is 0 Å². The summed E-state index contributed by atoms with van der Waals surface area (Å²) in [7, 11) is 0. The minimum Gasteiger partial charge on any atom is -0.368 e. The lowest BCUT2D eigenvalue weighted by molar-refractivity contribution is -0.128. The van der Waals surface area contributed by atoms with E-state index in [9.17, 15) is 4.79 Å². The molecule has 1 fully saturated rings. The summed E-state index contributed by atoms with van der Waals surface area (Å²) in [5.41, 5.74) is 2.19. The Morgan fingerprint density at radius 1 is 1.03 bits per heavy atom. The van der Waals surface area contributed by atoms with Crippen LogP contribution in [0.1, 0.15) is 0 Å². The molecule has 2 heterocycles. The number of rotatable bonds is 7. The molecule has 6 nitrogen and oxygen atoms in total. The van der Waals surface area contributed by atoms with Crippen LogP contribution in [-0.2, 0) is 11.3 Å². The maximum Gasteiger partial charge on any atom is 0.233 e. The van der Waals surface area contributed by atoms with Crippen molar-refractivity contribution in [1.82, 2.24) is 19.7 Å². The number of halogens is 1. The van der Waals surface area contributed by atoms with Gasteiger partial charge in [0.1, 0.15) is 0 Å². The first-order valence-corrected chi connectivity index (χ1v) is 11.9. The van der Waals surface area contributed by atoms with Crippen LogP contribution >= 0.6 is 27.7 Å². The van der Waals surface area contributed by atoms with E-state index in [-0.39, 0.29) is 5.91 Å². The number of carbonyl (C=O) groups excluding carboxylic acids is 1. The Morgan fingerprint density at radius 3 is 2.42 bits per heavy atom. The molecule has 1 amide bonds. The highest BCUT2D eigenvalue weighted by Crippen LogP contribution is 2.26. The Hall–Kier alpha value is -2.58. The van der Waals surface area contributed by atoms with Gasteiger partial charge in [0, 0.05) is 48.4 Å². The number of carbonyl (C=O) groups is 1. The van der Waals surface area contributed by atoms with Crippen LogP contribution in [0.3, 0.4) is 0 Å². The van der Waals surface area contributed by atoms with Crippen LogP contribution in [0.25, 0.3) is 11.4 Å². The third kappa shape index (κ3) is 5.19. The third-order valence-electron chi connectivity index (χ3n) is 5.21. The van der Waals surface area contributed by atoms with Crippen LogP contribution in [0.2, 0.25) is 0 Å². The van der Waals surface area contributed by atoms with Gasteiger partial charge < -0.3 is 9.80 Å². The maximum atomic E-state index is 12.8. The average Bonchev–Trinajstić information content (AvgIpc) is 3.21. The summed E-state index contributed by atoms with van der Waals surface area (Å²) >= 11 is 4.89. The molecule has 1 aliphatic rings. The predicted octanol–water partition coefficient (Wildman–Crippen LogP) is 4.33. The van der Waals surface area contributed by atoms with Crippen molar-refractivity contribution in [3.8, 4) is 11.4 Å². The topological polar surface area (TPSA) is 54.3 Å². The van der Waals surface area contributed by atoms with Crippen LogP contribution in [0.5, 0.6) is 0 Å². The fourth-order valence-corrected chi connectivity index (χ4v) is 4.69. The SMILES string of the molecule is C=CCn1c(SCC(=O)N2CCN(c3ccccc3)CC2)nnc1-c1ccc(Br)cc1. The van der Waals surface area contributed by atoms with Gasteiger partial charge in [0.2, 0.25) is 5.91 Å². The Morgan fingerprint density at radius 2 is 1.74 bits per heavy atom. The molecule has 160 valence electrons. The number of hydrogen-bond acceptors (Lipinski definition) is 5. The second-order valence-electron chi connectivity index (χ2n) is 7.20. The Balaban J connectivity index is 1.37. The number of anilines is 1. The fraction of sp³-hybridized carbons (Fsp3) is 0.261. The van der Waals surface area contributed by atoms with Gasteiger partial charge in [0.05, 0.1) is 5.75 Å². The minimum absolute atomic E-state index is 0.135. The number of piperazine rings is 1. The van der Waals surface area contributed by atoms with Crippen molar-refractivity contribution in [1.29, 1.82) is 0 Å². The number of thioether (sulfide) groups is 1. The van der Waals surface area contributed by atoms with Crippen LogP contribution in [-0.4, -0.2) is 57.5 Å². The van der Waals surface area contributed by atoms with Gasteiger partial charge in [-0.05, 0) is 24.3 Å². The molecule has 0 N–H and O–H groups in total. The van der Waals surface area contributed by atoms with E-state index in [1.165, 1.54) is 17.4 Å². The Bertz CT molecular complexity index is 1030. The van der Waals surface area contributed by atoms with E-state index in [0.29, 0.717) is 12.3 Å². The van der Waals surface area contributed by atoms with Gasteiger partial charge in [-0.15, -0.1) is 16.8 Å². The van der Waals surface area contributed by atoms with Gasteiger partial charge in [-0.2, -0.15) is 0 Å². The number of aromatic nitrogens is 3. The largest absolute Gasteiger partial charge is 0.368 e. The third-order valence-corrected chi connectivity index (χ3v) is 6.69. The molecule has 0 bridgehead atoms. The molecule has 1 aliphatic heterocycles. The van der Waals surface area contributed by atoms with Crippen molar-refractivity contribution < 1.29 is 4.79 Å². The lowest BCUT2D eigenvalue weighted by atomic mass is 10.2. The highest BCUT2D eigenvalue weighted by atomic mass is 79.9. The number of allylic oxidation sites excluding steroid dienone is 1. The van der Waals surface area contributed by atoms with Crippen molar-refractivity contribution in [3.63, 3.8) is 0 Å². The van der Waals surface area contributed by atoms with Crippen molar-refractivity contribution in [2.24, 2.45) is 0 Å². The number of para-hydroxylation sites is 1. The first-order chi connectivity index (χ1) is 15.2. The van der Waals surface area contributed by atoms with Gasteiger partial charge in [-0.1, -0.05) is 64.1 Å². The highest BCUT2D eigenvalue weighted by Gasteiger charge is 2.22. The van der Waals surface area contributed by atoms with E-state index in [1.54, 1.807) is 0 Å². The molecule has 2 aromatic carbocycles. The van der Waals surface area contributed by atoms with Crippen LogP contribution in [0, 0.1) is 0 Å². The molecule has 1 saturated heterocycles. The van der Waals surface area contributed by atoms with E-state index >= 15 is 0 Å². The number of hydrogen-bond donors (Lipinski definition) is 0. The van der Waals surface area contributed by atoms with E-state index in [1.807, 2.05) is 58.0 Å². The van der Waals surface area contributed by atoms with Crippen molar-refractivity contribution in [2.75, 3.05) is 36.8 Å². The monoisotopic (exact) mass is 497 g/mol. The zero-order valence-corrected chi connectivity index (χ0v) is 19.6. The zero-order valence-electron chi connectivity index (χ0n) is 17.2. The van der Waals surface area contributed by atoms with Crippen molar-refractivity contribution >= 4 is 39.3 Å². The molecular formula is C23H24BrN5OS. The highest BCUT2D eigenvalue weighted by molar-refractivity contribution is 9.10. The molecule has 3 aromatic rings. The summed E-state index contributed by atoms with van der Waals surface area (Å²) in [6.45, 7) is 7.61. The van der Waals surface area contributed by atoms with E-state index in [4.69, 9.17) is 0 Å². The molecule has 0 saturated carbocycles. The average molecular weight is 498 g/mol. The molecule has 1 aromatic heterocycles. The molecule has 0 unspecified atom stereocenters. The second-order valence-corrected chi connectivity index (χ2v) is 9.06. The molecule has 0 spiro atoms. The first-order valence-electron chi connectivity index (χ1n) is 10.2. The van der Waals surface area contributed by atoms with Crippen molar-refractivity contribution in [3.05, 3.63) is 71.7 Å². The van der Waals surface area contributed by atoms with Crippen LogP contribution in [0.4, 0.5) is 5.69 Å². The standard InChI is InChI=1S/C23H24BrN5OS/c1-2-12-29-22(18-8-10-19(24)11-9-18)25-26-23(29)31-17-21(30)28-15-13-27(14-16-28)20-6-4-3-5-7-20/h2-11H,1,12-17H2. The van der Waals surface area contributed by atoms with E-state index in [0.717, 1.165) is 47.2 Å². The smallest absolute Gasteiger partial charge is 0.233 e. The van der Waals surface area contributed by atoms with Crippen molar-refractivity contribution in [2.45, 2.75) is 11.7 Å². The van der Waals surface area contributed by atoms with E-state index in [2.05, 4.69) is 49.7 Å². The zero-order chi connectivity index (χ0) is 21.6. The lowest BCUT2D eigenvalue weighted by Gasteiger charge is -2.36. The Kier molecular flexibility index (Phi) is 7.09. The lowest BCUT2D eigenvalue weighted by Crippen LogP contribution is -2.49. The summed E-state index contributed by atoms with van der Waals surface area (Å²) in [5.74, 6) is 1.26. The number of nitrogens with zero attached hydrogens (tertiary/aromatic N) is 5. The number of benzene rings is 2. The molecule has 0 radical (unpaired) electrons. The van der Waals surface area contributed by atoms with E-state index < -0.39 is 0 Å². The Labute approximate surface area is 195 Å². The molecule has 8 heteroatoms. The molecule has 0 aliphatic carbocycles. The fourth-order valence-electron chi connectivity index (χ4n) is 3.57. The molecule has 4 rings (SSSR count). The normalized spacial score (nSPS) is 14.0. The summed E-state index contributed by atoms with van der Waals surface area (Å²) < 4.78 is 3.01. The summed E-state index contributed by atoms with van der Waals surface area (Å²) in [6.07, 6.45) is 1.82. The van der Waals surface area contributed by atoms with Crippen LogP contribution < -0.4 is 4.90 Å². The minimum atomic E-state index is 0.135. The van der Waals surface area contributed by atoms with Gasteiger partial charge in [0.25, 0.3) is 0 Å². The summed E-state index contributed by atoms with van der Waals surface area (Å²) in [4.78, 5) is 17.1. The summed E-state index contributed by atoms with van der Waals surface area (Å²) in [5, 5.41) is 9.44. The maximum absolute atomic E-state index is 12.8. The van der Waals surface area contributed by atoms with Crippen LogP contribution in [0.15, 0.2) is 76.9 Å². The van der Waals surface area contributed by atoms with Gasteiger partial charge in [-0.3, -0.25) is 9.36 Å². The number of amides is 1. The first kappa shape index (κ1) is 21.6. The van der Waals surface area contributed by atoms with Gasteiger partial charge in [-0.25, -0.2) is 0 Å². The second kappa shape index (κ2) is 10.2. The van der Waals surface area contributed by atoms with Gasteiger partial charge in [0.15, 0.2) is 11.0 Å². The molecule has 31 heavy (non-hydrogen) atoms.